The third-order valence-corrected chi connectivity index (χ3v) is 3.56. The van der Waals surface area contributed by atoms with Gasteiger partial charge >= 0.3 is 5.97 Å². The third kappa shape index (κ3) is 5.36. The Hall–Kier alpha value is -2.79. The highest BCUT2D eigenvalue weighted by Gasteiger charge is 2.16. The largest absolute Gasteiger partial charge is 0.493 e. The molecule has 0 amide bonds. The van der Waals surface area contributed by atoms with Crippen LogP contribution in [0, 0.1) is 0 Å². The van der Waals surface area contributed by atoms with Gasteiger partial charge in [0, 0.05) is 16.8 Å². The maximum Gasteiger partial charge on any atom is 0.330 e. The van der Waals surface area contributed by atoms with Gasteiger partial charge in [-0.2, -0.15) is 0 Å². The summed E-state index contributed by atoms with van der Waals surface area (Å²) in [6, 6.07) is 11.6. The Kier molecular flexibility index (Phi) is 7.71. The fourth-order valence-electron chi connectivity index (χ4n) is 2.45. The first kappa shape index (κ1) is 19.5. The fourth-order valence-corrected chi connectivity index (χ4v) is 2.45. The number of fused-ring (bicyclic) bond motifs is 1. The van der Waals surface area contributed by atoms with Gasteiger partial charge in [-0.3, -0.25) is 0 Å². The number of hydrogen-bond donors (Lipinski definition) is 0. The monoisotopic (exact) mass is 356 g/mol. The molecule has 0 N–H and O–H groups in total. The van der Waals surface area contributed by atoms with Crippen molar-refractivity contribution in [1.29, 1.82) is 0 Å². The first-order valence-electron chi connectivity index (χ1n) is 8.48. The van der Waals surface area contributed by atoms with Gasteiger partial charge in [0.25, 0.3) is 0 Å². The number of rotatable bonds is 11. The van der Waals surface area contributed by atoms with Crippen molar-refractivity contribution in [2.24, 2.45) is 0 Å². The van der Waals surface area contributed by atoms with E-state index in [9.17, 15) is 4.79 Å². The van der Waals surface area contributed by atoms with Gasteiger partial charge in [-0.15, -0.1) is 6.58 Å². The second-order valence-corrected chi connectivity index (χ2v) is 5.44. The Bertz CT molecular complexity index is 753. The van der Waals surface area contributed by atoms with Gasteiger partial charge in [-0.1, -0.05) is 36.9 Å². The van der Waals surface area contributed by atoms with Gasteiger partial charge in [-0.05, 0) is 19.1 Å². The summed E-state index contributed by atoms with van der Waals surface area (Å²) in [5, 5.41) is 1.90. The highest BCUT2D eigenvalue weighted by Crippen LogP contribution is 2.33. The molecule has 1 atom stereocenters. The van der Waals surface area contributed by atoms with E-state index in [0.717, 1.165) is 22.6 Å². The number of esters is 1. The van der Waals surface area contributed by atoms with E-state index in [1.165, 1.54) is 0 Å². The van der Waals surface area contributed by atoms with Gasteiger partial charge in [0.2, 0.25) is 0 Å². The molecule has 0 radical (unpaired) electrons. The average Bonchev–Trinajstić information content (AvgIpc) is 2.67. The van der Waals surface area contributed by atoms with Crippen molar-refractivity contribution >= 4 is 16.7 Å². The molecule has 0 aliphatic heterocycles. The van der Waals surface area contributed by atoms with E-state index >= 15 is 0 Å². The van der Waals surface area contributed by atoms with E-state index in [1.807, 2.05) is 43.3 Å². The topological polar surface area (TPSA) is 54.0 Å². The number of benzene rings is 2. The number of carbonyl (C=O) groups excluding carboxylic acids is 1. The van der Waals surface area contributed by atoms with Crippen LogP contribution in [0.2, 0.25) is 0 Å². The molecule has 0 heterocycles. The molecule has 0 aromatic heterocycles. The summed E-state index contributed by atoms with van der Waals surface area (Å²) in [4.78, 5) is 11.5. The van der Waals surface area contributed by atoms with Gasteiger partial charge in [0.05, 0.1) is 19.8 Å². The molecular formula is C21H24O5. The minimum atomic E-state index is -0.550. The van der Waals surface area contributed by atoms with Crippen LogP contribution in [0.3, 0.4) is 0 Å². The van der Waals surface area contributed by atoms with Crippen LogP contribution >= 0.6 is 0 Å². The molecule has 5 nitrogen and oxygen atoms in total. The predicted octanol–water partition coefficient (Wildman–Crippen LogP) is 3.92. The Labute approximate surface area is 153 Å². The summed E-state index contributed by atoms with van der Waals surface area (Å²) in [5.41, 5.74) is 0. The number of hydrogen-bond acceptors (Lipinski definition) is 5. The maximum atomic E-state index is 11.5. The summed E-state index contributed by atoms with van der Waals surface area (Å²) in [7, 11) is 0. The van der Waals surface area contributed by atoms with Crippen molar-refractivity contribution < 1.29 is 23.7 Å². The average molecular weight is 356 g/mol. The van der Waals surface area contributed by atoms with Gasteiger partial charge < -0.3 is 18.9 Å². The Morgan fingerprint density at radius 3 is 2.27 bits per heavy atom. The van der Waals surface area contributed by atoms with Crippen molar-refractivity contribution in [3.05, 3.63) is 61.7 Å². The van der Waals surface area contributed by atoms with Crippen LogP contribution < -0.4 is 9.47 Å². The second-order valence-electron chi connectivity index (χ2n) is 5.44. The molecule has 0 aliphatic carbocycles. The third-order valence-electron chi connectivity index (χ3n) is 3.56. The van der Waals surface area contributed by atoms with Crippen molar-refractivity contribution in [3.63, 3.8) is 0 Å². The molecular weight excluding hydrogens is 332 g/mol. The van der Waals surface area contributed by atoms with E-state index in [0.29, 0.717) is 19.0 Å². The van der Waals surface area contributed by atoms with Crippen LogP contribution in [0.1, 0.15) is 6.92 Å². The SMILES string of the molecule is C=CCOCC(COc1ccc(OCC)c2ccccc12)OC(=O)C=C. The first-order valence-corrected chi connectivity index (χ1v) is 8.48. The van der Waals surface area contributed by atoms with E-state index in [2.05, 4.69) is 13.2 Å². The summed E-state index contributed by atoms with van der Waals surface area (Å²) in [6.07, 6.45) is 2.20. The molecule has 2 aromatic rings. The molecule has 0 saturated heterocycles. The smallest absolute Gasteiger partial charge is 0.330 e. The molecule has 2 rings (SSSR count). The van der Waals surface area contributed by atoms with Crippen molar-refractivity contribution in [1.82, 2.24) is 0 Å². The van der Waals surface area contributed by atoms with Gasteiger partial charge in [-0.25, -0.2) is 4.79 Å². The molecule has 0 fully saturated rings. The lowest BCUT2D eigenvalue weighted by Gasteiger charge is -2.19. The molecule has 1 unspecified atom stereocenters. The minimum absolute atomic E-state index is 0.161. The van der Waals surface area contributed by atoms with E-state index in [4.69, 9.17) is 18.9 Å². The lowest BCUT2D eigenvalue weighted by atomic mass is 10.1. The molecule has 0 saturated carbocycles. The molecule has 0 aliphatic rings. The van der Waals surface area contributed by atoms with Crippen molar-refractivity contribution in [2.45, 2.75) is 13.0 Å². The second kappa shape index (κ2) is 10.3. The number of carbonyl (C=O) groups is 1. The quantitative estimate of drug-likeness (QED) is 0.264. The van der Waals surface area contributed by atoms with Crippen LogP contribution in [-0.4, -0.2) is 38.5 Å². The van der Waals surface area contributed by atoms with E-state index < -0.39 is 12.1 Å². The summed E-state index contributed by atoms with van der Waals surface area (Å²) >= 11 is 0. The zero-order chi connectivity index (χ0) is 18.8. The lowest BCUT2D eigenvalue weighted by molar-refractivity contribution is -0.147. The highest BCUT2D eigenvalue weighted by atomic mass is 16.6. The Morgan fingerprint density at radius 1 is 1.04 bits per heavy atom. The van der Waals surface area contributed by atoms with Gasteiger partial charge in [0.1, 0.15) is 18.1 Å². The predicted molar refractivity (Wildman–Crippen MR) is 102 cm³/mol. The van der Waals surface area contributed by atoms with Gasteiger partial charge in [0.15, 0.2) is 6.10 Å². The highest BCUT2D eigenvalue weighted by molar-refractivity contribution is 5.93. The van der Waals surface area contributed by atoms with Crippen molar-refractivity contribution in [2.75, 3.05) is 26.4 Å². The van der Waals surface area contributed by atoms with Crippen LogP contribution in [0.4, 0.5) is 0 Å². The van der Waals surface area contributed by atoms with Crippen LogP contribution in [-0.2, 0) is 14.3 Å². The lowest BCUT2D eigenvalue weighted by Crippen LogP contribution is -2.29. The molecule has 2 aromatic carbocycles. The van der Waals surface area contributed by atoms with Crippen LogP contribution in [0.5, 0.6) is 11.5 Å². The zero-order valence-corrected chi connectivity index (χ0v) is 15.0. The fraction of sp³-hybridized carbons (Fsp3) is 0.286. The van der Waals surface area contributed by atoms with Crippen molar-refractivity contribution in [3.8, 4) is 11.5 Å². The van der Waals surface area contributed by atoms with E-state index in [-0.39, 0.29) is 13.2 Å². The normalized spacial score (nSPS) is 11.6. The molecule has 26 heavy (non-hydrogen) atoms. The summed E-state index contributed by atoms with van der Waals surface area (Å²) < 4.78 is 22.2. The first-order chi connectivity index (χ1) is 12.7. The zero-order valence-electron chi connectivity index (χ0n) is 15.0. The Balaban J connectivity index is 2.14. The number of ether oxygens (including phenoxy) is 4. The maximum absolute atomic E-state index is 11.5. The standard InChI is InChI=1S/C21H24O5/c1-4-13-23-14-16(26-21(22)5-2)15-25-20-12-11-19(24-6-3)17-9-7-8-10-18(17)20/h4-5,7-12,16H,1-2,6,13-15H2,3H3. The minimum Gasteiger partial charge on any atom is -0.493 e. The van der Waals surface area contributed by atoms with E-state index in [1.54, 1.807) is 6.08 Å². The Morgan fingerprint density at radius 2 is 1.69 bits per heavy atom. The van der Waals surface area contributed by atoms with Crippen LogP contribution in [0.25, 0.3) is 10.8 Å². The molecule has 5 heteroatoms. The molecule has 0 spiro atoms. The summed E-state index contributed by atoms with van der Waals surface area (Å²) in [5.74, 6) is 0.976. The summed E-state index contributed by atoms with van der Waals surface area (Å²) in [6.45, 7) is 10.3. The molecule has 138 valence electrons. The van der Waals surface area contributed by atoms with Crippen LogP contribution in [0.15, 0.2) is 61.7 Å². The molecule has 0 bridgehead atoms.